The van der Waals surface area contributed by atoms with Crippen LogP contribution < -0.4 is 9.47 Å². The average Bonchev–Trinajstić information content (AvgIpc) is 3.63. The first-order valence-corrected chi connectivity index (χ1v) is 14.8. The molecule has 0 radical (unpaired) electrons. The van der Waals surface area contributed by atoms with Crippen LogP contribution in [0.4, 0.5) is 0 Å². The lowest BCUT2D eigenvalue weighted by molar-refractivity contribution is -0.143. The van der Waals surface area contributed by atoms with E-state index in [0.717, 1.165) is 50.0 Å². The summed E-state index contributed by atoms with van der Waals surface area (Å²) in [6.07, 6.45) is 5.22. The Morgan fingerprint density at radius 3 is 2.27 bits per heavy atom. The highest BCUT2D eigenvalue weighted by atomic mass is 32.1. The lowest BCUT2D eigenvalue weighted by Gasteiger charge is -2.12. The van der Waals surface area contributed by atoms with Crippen molar-refractivity contribution < 1.29 is 19.0 Å². The summed E-state index contributed by atoms with van der Waals surface area (Å²) in [6, 6.07) is 26.4. The van der Waals surface area contributed by atoms with Crippen LogP contribution in [-0.2, 0) is 29.1 Å². The molecule has 0 bridgehead atoms. The molecule has 5 rings (SSSR count). The van der Waals surface area contributed by atoms with Gasteiger partial charge < -0.3 is 18.8 Å². The summed E-state index contributed by atoms with van der Waals surface area (Å²) in [5.41, 5.74) is 6.40. The van der Waals surface area contributed by atoms with Crippen LogP contribution in [0.15, 0.2) is 96.6 Å². The molecule has 0 atom stereocenters. The summed E-state index contributed by atoms with van der Waals surface area (Å²) in [5.74, 6) is 1.32. The number of aryl methyl sites for hydroxylation is 1. The maximum absolute atomic E-state index is 12.1. The normalized spacial score (nSPS) is 10.9. The lowest BCUT2D eigenvalue weighted by atomic mass is 10.0. The zero-order valence-electron chi connectivity index (χ0n) is 23.4. The van der Waals surface area contributed by atoms with Crippen molar-refractivity contribution >= 4 is 17.3 Å². The van der Waals surface area contributed by atoms with Gasteiger partial charge in [-0.25, -0.2) is 4.98 Å². The van der Waals surface area contributed by atoms with E-state index in [4.69, 9.17) is 19.2 Å². The highest BCUT2D eigenvalue weighted by molar-refractivity contribution is 7.13. The Labute approximate surface area is 245 Å². The molecule has 0 fully saturated rings. The van der Waals surface area contributed by atoms with Crippen LogP contribution >= 0.6 is 11.3 Å². The van der Waals surface area contributed by atoms with Gasteiger partial charge in [0.2, 0.25) is 0 Å². The van der Waals surface area contributed by atoms with Crippen LogP contribution in [0.1, 0.15) is 37.1 Å². The van der Waals surface area contributed by atoms with E-state index in [1.807, 2.05) is 73.8 Å². The van der Waals surface area contributed by atoms with E-state index in [1.54, 1.807) is 11.3 Å². The number of benzene rings is 3. The number of rotatable bonds is 13. The Bertz CT molecular complexity index is 1560. The molecule has 2 heterocycles. The predicted molar refractivity (Wildman–Crippen MR) is 163 cm³/mol. The third-order valence-corrected chi connectivity index (χ3v) is 7.47. The molecule has 5 aromatic rings. The minimum absolute atomic E-state index is 0.179. The molecule has 7 heteroatoms. The van der Waals surface area contributed by atoms with Crippen LogP contribution in [0.3, 0.4) is 0 Å². The molecule has 0 saturated carbocycles. The predicted octanol–water partition coefficient (Wildman–Crippen LogP) is 7.80. The standard InChI is InChI=1S/C34H34N2O4S/c1-3-38-30-17-25(18-31(19-30)40-23-29-24-41-34(35-29)27-13-9-6-10-14-27)20-36-21-28(15-16-33(37)39-4-2)32(22-36)26-11-7-5-8-12-26/h5-14,17-19,21-22,24H,3-4,15-16,20,23H2,1-2H3. The zero-order valence-corrected chi connectivity index (χ0v) is 24.2. The van der Waals surface area contributed by atoms with Crippen molar-refractivity contribution in [2.75, 3.05) is 13.2 Å². The topological polar surface area (TPSA) is 62.6 Å². The molecule has 41 heavy (non-hydrogen) atoms. The number of aromatic nitrogens is 2. The molecule has 0 spiro atoms. The van der Waals surface area contributed by atoms with Gasteiger partial charge in [-0.1, -0.05) is 60.7 Å². The molecule has 0 N–H and O–H groups in total. The van der Waals surface area contributed by atoms with Crippen molar-refractivity contribution in [3.05, 3.63) is 113 Å². The van der Waals surface area contributed by atoms with Gasteiger partial charge in [0.15, 0.2) is 0 Å². The number of carbonyl (C=O) groups is 1. The minimum atomic E-state index is -0.179. The van der Waals surface area contributed by atoms with E-state index in [2.05, 4.69) is 41.2 Å². The monoisotopic (exact) mass is 566 g/mol. The van der Waals surface area contributed by atoms with Gasteiger partial charge in [0.05, 0.1) is 18.9 Å². The number of ether oxygens (including phenoxy) is 3. The van der Waals surface area contributed by atoms with Gasteiger partial charge in [-0.2, -0.15) is 0 Å². The fourth-order valence-corrected chi connectivity index (χ4v) is 5.51. The van der Waals surface area contributed by atoms with Gasteiger partial charge >= 0.3 is 5.97 Å². The molecule has 0 aliphatic carbocycles. The number of thiazole rings is 1. The summed E-state index contributed by atoms with van der Waals surface area (Å²) >= 11 is 1.62. The molecule has 0 aliphatic rings. The highest BCUT2D eigenvalue weighted by Crippen LogP contribution is 2.29. The van der Waals surface area contributed by atoms with Crippen molar-refractivity contribution in [1.29, 1.82) is 0 Å². The van der Waals surface area contributed by atoms with Gasteiger partial charge in [0.25, 0.3) is 0 Å². The van der Waals surface area contributed by atoms with E-state index >= 15 is 0 Å². The van der Waals surface area contributed by atoms with Crippen LogP contribution in [0.5, 0.6) is 11.5 Å². The largest absolute Gasteiger partial charge is 0.494 e. The van der Waals surface area contributed by atoms with Gasteiger partial charge in [-0.05, 0) is 49.1 Å². The van der Waals surface area contributed by atoms with Gasteiger partial charge in [0, 0.05) is 47.9 Å². The summed E-state index contributed by atoms with van der Waals surface area (Å²) < 4.78 is 19.4. The zero-order chi connectivity index (χ0) is 28.4. The molecule has 2 aromatic heterocycles. The van der Waals surface area contributed by atoms with Crippen LogP contribution in [-0.4, -0.2) is 28.7 Å². The second-order valence-corrected chi connectivity index (χ2v) is 10.4. The summed E-state index contributed by atoms with van der Waals surface area (Å²) in [7, 11) is 0. The third-order valence-electron chi connectivity index (χ3n) is 6.53. The Balaban J connectivity index is 1.34. The summed E-state index contributed by atoms with van der Waals surface area (Å²) in [4.78, 5) is 16.8. The summed E-state index contributed by atoms with van der Waals surface area (Å²) in [6.45, 7) is 5.76. The van der Waals surface area contributed by atoms with Crippen molar-refractivity contribution in [2.45, 2.75) is 39.8 Å². The van der Waals surface area contributed by atoms with Gasteiger partial charge in [0.1, 0.15) is 23.1 Å². The van der Waals surface area contributed by atoms with Crippen molar-refractivity contribution in [2.24, 2.45) is 0 Å². The van der Waals surface area contributed by atoms with E-state index in [-0.39, 0.29) is 5.97 Å². The fraction of sp³-hybridized carbons (Fsp3) is 0.235. The Morgan fingerprint density at radius 1 is 0.854 bits per heavy atom. The molecule has 0 amide bonds. The molecule has 0 unspecified atom stereocenters. The first-order chi connectivity index (χ1) is 20.1. The van der Waals surface area contributed by atoms with Gasteiger partial charge in [-0.3, -0.25) is 4.79 Å². The first kappa shape index (κ1) is 28.2. The number of hydrogen-bond donors (Lipinski definition) is 0. The average molecular weight is 567 g/mol. The maximum atomic E-state index is 12.1. The molecule has 0 aliphatic heterocycles. The molecule has 3 aromatic carbocycles. The van der Waals surface area contributed by atoms with Crippen molar-refractivity contribution in [1.82, 2.24) is 9.55 Å². The molecular formula is C34H34N2O4S. The molecule has 0 saturated heterocycles. The number of carbonyl (C=O) groups excluding carboxylic acids is 1. The lowest BCUT2D eigenvalue weighted by Crippen LogP contribution is -2.05. The van der Waals surface area contributed by atoms with E-state index < -0.39 is 0 Å². The van der Waals surface area contributed by atoms with Crippen LogP contribution in [0, 0.1) is 0 Å². The second-order valence-electron chi connectivity index (χ2n) is 9.58. The Hall–Kier alpha value is -4.36. The maximum Gasteiger partial charge on any atom is 0.306 e. The van der Waals surface area contributed by atoms with E-state index in [9.17, 15) is 4.79 Å². The third kappa shape index (κ3) is 7.64. The minimum Gasteiger partial charge on any atom is -0.494 e. The van der Waals surface area contributed by atoms with Gasteiger partial charge in [-0.15, -0.1) is 11.3 Å². The van der Waals surface area contributed by atoms with Crippen molar-refractivity contribution in [3.8, 4) is 33.2 Å². The van der Waals surface area contributed by atoms with Crippen LogP contribution in [0.2, 0.25) is 0 Å². The molecule has 6 nitrogen and oxygen atoms in total. The smallest absolute Gasteiger partial charge is 0.306 e. The number of esters is 1. The van der Waals surface area contributed by atoms with E-state index in [0.29, 0.717) is 39.2 Å². The first-order valence-electron chi connectivity index (χ1n) is 13.9. The summed E-state index contributed by atoms with van der Waals surface area (Å²) in [5, 5.41) is 3.02. The number of hydrogen-bond acceptors (Lipinski definition) is 6. The van der Waals surface area contributed by atoms with E-state index in [1.165, 1.54) is 0 Å². The highest BCUT2D eigenvalue weighted by Gasteiger charge is 2.13. The molecular weight excluding hydrogens is 532 g/mol. The van der Waals surface area contributed by atoms with Crippen LogP contribution in [0.25, 0.3) is 21.7 Å². The Morgan fingerprint density at radius 2 is 1.56 bits per heavy atom. The quantitative estimate of drug-likeness (QED) is 0.136. The fourth-order valence-electron chi connectivity index (χ4n) is 4.70. The molecule has 210 valence electrons. The van der Waals surface area contributed by atoms with Crippen molar-refractivity contribution in [3.63, 3.8) is 0 Å². The SMILES string of the molecule is CCOC(=O)CCc1cn(Cc2cc(OCC)cc(OCc3csc(-c4ccccc4)n3)c2)cc1-c1ccccc1. The number of nitrogens with zero attached hydrogens (tertiary/aromatic N) is 2. The Kier molecular flexibility index (Phi) is 9.49. The second kappa shape index (κ2) is 13.8.